The van der Waals surface area contributed by atoms with Crippen molar-refractivity contribution in [2.75, 3.05) is 26.5 Å². The van der Waals surface area contributed by atoms with E-state index in [0.29, 0.717) is 11.4 Å². The highest BCUT2D eigenvalue weighted by atomic mass is 35.5. The zero-order valence-electron chi connectivity index (χ0n) is 11.2. The van der Waals surface area contributed by atoms with E-state index in [4.69, 9.17) is 11.6 Å². The predicted octanol–water partition coefficient (Wildman–Crippen LogP) is 3.04. The Labute approximate surface area is 109 Å². The van der Waals surface area contributed by atoms with Crippen molar-refractivity contribution in [2.45, 2.75) is 20.3 Å². The largest absolute Gasteiger partial charge is 0.388 e. The van der Waals surface area contributed by atoms with Crippen LogP contribution in [0.1, 0.15) is 19.4 Å². The summed E-state index contributed by atoms with van der Waals surface area (Å²) in [5.74, 6) is 0.0464. The Kier molecular flexibility index (Phi) is 7.39. The lowest BCUT2D eigenvalue weighted by molar-refractivity contribution is -0.127. The first-order chi connectivity index (χ1) is 8.04. The molecule has 0 bridgehead atoms. The van der Waals surface area contributed by atoms with Crippen molar-refractivity contribution in [3.63, 3.8) is 0 Å². The first-order valence-corrected chi connectivity index (χ1v) is 6.08. The normalized spacial score (nSPS) is 9.06. The molecule has 0 aliphatic rings. The maximum Gasteiger partial charge on any atom is 0.226 e. The molecule has 96 valence electrons. The molecule has 1 N–H and O–H groups in total. The molecule has 0 atom stereocenters. The highest BCUT2D eigenvalue weighted by Gasteiger charge is 2.09. The minimum Gasteiger partial charge on any atom is -0.388 e. The molecule has 1 aromatic carbocycles. The summed E-state index contributed by atoms with van der Waals surface area (Å²) >= 11 is 6.00. The average Bonchev–Trinajstić information content (AvgIpc) is 2.34. The number of likely N-dealkylation sites (N-methyl/N-ethyl adjacent to an activating group) is 1. The number of halogens is 1. The second kappa shape index (κ2) is 7.96. The van der Waals surface area contributed by atoms with E-state index in [1.54, 1.807) is 25.1 Å². The number of rotatable bonds is 3. The zero-order chi connectivity index (χ0) is 13.4. The Balaban J connectivity index is 0.00000121. The molecular weight excluding hydrogens is 236 g/mol. The summed E-state index contributed by atoms with van der Waals surface area (Å²) < 4.78 is 0. The maximum absolute atomic E-state index is 11.5. The molecule has 4 heteroatoms. The number of benzene rings is 1. The number of carbonyl (C=O) groups is 1. The maximum atomic E-state index is 11.5. The van der Waals surface area contributed by atoms with Gasteiger partial charge in [0.25, 0.3) is 0 Å². The van der Waals surface area contributed by atoms with Gasteiger partial charge in [0, 0.05) is 31.9 Å². The second-order valence-corrected chi connectivity index (χ2v) is 3.93. The van der Waals surface area contributed by atoms with E-state index in [1.807, 2.05) is 33.0 Å². The Morgan fingerprint density at radius 2 is 1.94 bits per heavy atom. The van der Waals surface area contributed by atoms with Crippen LogP contribution in [0.15, 0.2) is 18.2 Å². The van der Waals surface area contributed by atoms with Crippen LogP contribution in [-0.2, 0) is 11.2 Å². The van der Waals surface area contributed by atoms with E-state index in [1.165, 1.54) is 0 Å². The standard InChI is InChI=1S/C11H15ClN2O.C2H6/c1-13-9-4-5-10(12)8(6-9)7-11(15)14(2)3;1-2/h4-6,13H,7H2,1-3H3;1-2H3. The van der Waals surface area contributed by atoms with Crippen molar-refractivity contribution in [3.8, 4) is 0 Å². The molecule has 0 saturated heterocycles. The van der Waals surface area contributed by atoms with E-state index in [2.05, 4.69) is 5.32 Å². The van der Waals surface area contributed by atoms with Crippen LogP contribution in [0.5, 0.6) is 0 Å². The van der Waals surface area contributed by atoms with Crippen molar-refractivity contribution in [2.24, 2.45) is 0 Å². The Morgan fingerprint density at radius 3 is 2.41 bits per heavy atom. The van der Waals surface area contributed by atoms with Crippen LogP contribution in [0.3, 0.4) is 0 Å². The van der Waals surface area contributed by atoms with Gasteiger partial charge in [-0.05, 0) is 23.8 Å². The number of hydrogen-bond donors (Lipinski definition) is 1. The van der Waals surface area contributed by atoms with Gasteiger partial charge in [0.2, 0.25) is 5.91 Å². The number of nitrogens with one attached hydrogen (secondary N) is 1. The molecule has 1 aromatic rings. The highest BCUT2D eigenvalue weighted by Crippen LogP contribution is 2.21. The first-order valence-electron chi connectivity index (χ1n) is 5.71. The van der Waals surface area contributed by atoms with Crippen LogP contribution in [0, 0.1) is 0 Å². The SMILES string of the molecule is CC.CNc1ccc(Cl)c(CC(=O)N(C)C)c1. The summed E-state index contributed by atoms with van der Waals surface area (Å²) in [6, 6.07) is 5.57. The zero-order valence-corrected chi connectivity index (χ0v) is 11.9. The third kappa shape index (κ3) is 5.09. The molecule has 0 aliphatic carbocycles. The van der Waals surface area contributed by atoms with Crippen molar-refractivity contribution in [3.05, 3.63) is 28.8 Å². The van der Waals surface area contributed by atoms with Crippen LogP contribution >= 0.6 is 11.6 Å². The average molecular weight is 257 g/mol. The lowest BCUT2D eigenvalue weighted by Gasteiger charge is -2.12. The topological polar surface area (TPSA) is 32.3 Å². The Morgan fingerprint density at radius 1 is 1.35 bits per heavy atom. The van der Waals surface area contributed by atoms with Crippen molar-refractivity contribution >= 4 is 23.2 Å². The number of carbonyl (C=O) groups excluding carboxylic acids is 1. The minimum absolute atomic E-state index is 0.0464. The molecule has 0 fully saturated rings. The van der Waals surface area contributed by atoms with Gasteiger partial charge in [-0.3, -0.25) is 4.79 Å². The summed E-state index contributed by atoms with van der Waals surface area (Å²) in [5.41, 5.74) is 1.81. The van der Waals surface area contributed by atoms with Gasteiger partial charge >= 0.3 is 0 Å². The minimum atomic E-state index is 0.0464. The molecular formula is C13H21ClN2O. The van der Waals surface area contributed by atoms with Crippen molar-refractivity contribution in [1.29, 1.82) is 0 Å². The summed E-state index contributed by atoms with van der Waals surface area (Å²) in [6.07, 6.45) is 0.335. The molecule has 0 radical (unpaired) electrons. The van der Waals surface area contributed by atoms with Gasteiger partial charge in [0.05, 0.1) is 6.42 Å². The molecule has 0 heterocycles. The summed E-state index contributed by atoms with van der Waals surface area (Å²) in [6.45, 7) is 4.00. The molecule has 1 rings (SSSR count). The van der Waals surface area contributed by atoms with Gasteiger partial charge in [-0.1, -0.05) is 25.4 Å². The van der Waals surface area contributed by atoms with Gasteiger partial charge in [-0.15, -0.1) is 0 Å². The molecule has 0 spiro atoms. The van der Waals surface area contributed by atoms with Gasteiger partial charge in [0.15, 0.2) is 0 Å². The smallest absolute Gasteiger partial charge is 0.226 e. The first kappa shape index (κ1) is 15.8. The van der Waals surface area contributed by atoms with E-state index in [9.17, 15) is 4.79 Å². The van der Waals surface area contributed by atoms with Crippen LogP contribution in [0.25, 0.3) is 0 Å². The Bertz CT molecular complexity index is 364. The summed E-state index contributed by atoms with van der Waals surface area (Å²) in [5, 5.41) is 3.64. The van der Waals surface area contributed by atoms with Crippen LogP contribution in [-0.4, -0.2) is 32.0 Å². The lowest BCUT2D eigenvalue weighted by Crippen LogP contribution is -2.23. The fourth-order valence-electron chi connectivity index (χ4n) is 1.19. The van der Waals surface area contributed by atoms with Crippen molar-refractivity contribution in [1.82, 2.24) is 4.90 Å². The third-order valence-corrected chi connectivity index (χ3v) is 2.54. The number of amides is 1. The van der Waals surface area contributed by atoms with Crippen LogP contribution in [0.2, 0.25) is 5.02 Å². The molecule has 0 aromatic heterocycles. The number of nitrogens with zero attached hydrogens (tertiary/aromatic N) is 1. The molecule has 17 heavy (non-hydrogen) atoms. The molecule has 1 amide bonds. The monoisotopic (exact) mass is 256 g/mol. The van der Waals surface area contributed by atoms with Gasteiger partial charge < -0.3 is 10.2 Å². The van der Waals surface area contributed by atoms with E-state index in [-0.39, 0.29) is 5.91 Å². The fourth-order valence-corrected chi connectivity index (χ4v) is 1.37. The van der Waals surface area contributed by atoms with E-state index >= 15 is 0 Å². The van der Waals surface area contributed by atoms with Crippen molar-refractivity contribution < 1.29 is 4.79 Å². The number of anilines is 1. The second-order valence-electron chi connectivity index (χ2n) is 3.52. The number of hydrogen-bond acceptors (Lipinski definition) is 2. The third-order valence-electron chi connectivity index (χ3n) is 2.17. The highest BCUT2D eigenvalue weighted by molar-refractivity contribution is 6.31. The van der Waals surface area contributed by atoms with Gasteiger partial charge in [-0.25, -0.2) is 0 Å². The molecule has 3 nitrogen and oxygen atoms in total. The summed E-state index contributed by atoms with van der Waals surface area (Å²) in [4.78, 5) is 13.1. The van der Waals surface area contributed by atoms with E-state index < -0.39 is 0 Å². The molecule has 0 saturated carbocycles. The molecule has 0 unspecified atom stereocenters. The Hall–Kier alpha value is -1.22. The summed E-state index contributed by atoms with van der Waals surface area (Å²) in [7, 11) is 5.30. The van der Waals surface area contributed by atoms with E-state index in [0.717, 1.165) is 11.3 Å². The van der Waals surface area contributed by atoms with Gasteiger partial charge in [-0.2, -0.15) is 0 Å². The van der Waals surface area contributed by atoms with Crippen LogP contribution in [0.4, 0.5) is 5.69 Å². The predicted molar refractivity (Wildman–Crippen MR) is 74.7 cm³/mol. The lowest BCUT2D eigenvalue weighted by atomic mass is 10.1. The fraction of sp³-hybridized carbons (Fsp3) is 0.462. The quantitative estimate of drug-likeness (QED) is 0.902. The molecule has 0 aliphatic heterocycles. The van der Waals surface area contributed by atoms with Gasteiger partial charge in [0.1, 0.15) is 0 Å². The van der Waals surface area contributed by atoms with Crippen LogP contribution < -0.4 is 5.32 Å².